The second-order valence-corrected chi connectivity index (χ2v) is 5.29. The van der Waals surface area contributed by atoms with E-state index >= 15 is 0 Å². The number of H-pyrrole nitrogens is 1. The number of rotatable bonds is 3. The number of halogens is 1. The maximum atomic E-state index is 12.3. The number of hydrogen-bond acceptors (Lipinski definition) is 3. The van der Waals surface area contributed by atoms with Gasteiger partial charge >= 0.3 is 0 Å². The number of carbonyl (C=O) groups excluding carboxylic acids is 1. The zero-order chi connectivity index (χ0) is 14.8. The Morgan fingerprint density at radius 1 is 1.29 bits per heavy atom. The molecule has 1 amide bonds. The summed E-state index contributed by atoms with van der Waals surface area (Å²) >= 11 is 3.39. The number of fused-ring (bicyclic) bond motifs is 1. The Balaban J connectivity index is 1.83. The first-order valence-corrected chi connectivity index (χ1v) is 7.05. The molecule has 0 spiro atoms. The number of nitrogens with zero attached hydrogens (tertiary/aromatic N) is 1. The minimum atomic E-state index is -0.177. The molecule has 6 heteroatoms. The van der Waals surface area contributed by atoms with E-state index in [1.165, 1.54) is 0 Å². The molecule has 0 saturated heterocycles. The number of nitrogens with one attached hydrogen (secondary N) is 2. The van der Waals surface area contributed by atoms with Crippen LogP contribution in [0.4, 0.5) is 5.69 Å². The zero-order valence-corrected chi connectivity index (χ0v) is 12.8. The van der Waals surface area contributed by atoms with Gasteiger partial charge in [0.15, 0.2) is 0 Å². The van der Waals surface area contributed by atoms with Crippen molar-refractivity contribution < 1.29 is 9.53 Å². The average Bonchev–Trinajstić information content (AvgIpc) is 2.94. The molecular formula is C15H12BrN3O2. The monoisotopic (exact) mass is 345 g/mol. The van der Waals surface area contributed by atoms with E-state index in [-0.39, 0.29) is 5.91 Å². The lowest BCUT2D eigenvalue weighted by molar-refractivity contribution is 0.102. The van der Waals surface area contributed by atoms with Crippen LogP contribution in [0.5, 0.6) is 5.75 Å². The Kier molecular flexibility index (Phi) is 3.62. The Morgan fingerprint density at radius 3 is 2.90 bits per heavy atom. The van der Waals surface area contributed by atoms with Crippen molar-refractivity contribution in [1.29, 1.82) is 0 Å². The van der Waals surface area contributed by atoms with Gasteiger partial charge in [0.25, 0.3) is 5.91 Å². The molecule has 5 nitrogen and oxygen atoms in total. The predicted molar refractivity (Wildman–Crippen MR) is 84.7 cm³/mol. The van der Waals surface area contributed by atoms with Gasteiger partial charge < -0.3 is 15.0 Å². The SMILES string of the molecule is COc1ccc(NC(=O)c2ccc3nc[nH]c3c2)cc1Br. The number of methoxy groups -OCH3 is 1. The van der Waals surface area contributed by atoms with Crippen LogP contribution in [-0.2, 0) is 0 Å². The van der Waals surface area contributed by atoms with Crippen molar-refractivity contribution in [2.24, 2.45) is 0 Å². The molecule has 21 heavy (non-hydrogen) atoms. The van der Waals surface area contributed by atoms with Gasteiger partial charge in [0.1, 0.15) is 5.75 Å². The standard InChI is InChI=1S/C15H12BrN3O2/c1-21-14-5-3-10(7-11(14)16)19-15(20)9-2-4-12-13(6-9)18-8-17-12/h2-8H,1H3,(H,17,18)(H,19,20). The third kappa shape index (κ3) is 2.75. The number of ether oxygens (including phenoxy) is 1. The molecule has 0 bridgehead atoms. The van der Waals surface area contributed by atoms with E-state index in [0.29, 0.717) is 17.0 Å². The summed E-state index contributed by atoms with van der Waals surface area (Å²) in [7, 11) is 1.60. The van der Waals surface area contributed by atoms with Gasteiger partial charge in [0.2, 0.25) is 0 Å². The minimum Gasteiger partial charge on any atom is -0.496 e. The summed E-state index contributed by atoms with van der Waals surface area (Å²) < 4.78 is 5.94. The van der Waals surface area contributed by atoms with Crippen molar-refractivity contribution in [3.05, 3.63) is 52.8 Å². The normalized spacial score (nSPS) is 10.6. The zero-order valence-electron chi connectivity index (χ0n) is 11.2. The van der Waals surface area contributed by atoms with Crippen LogP contribution in [0, 0.1) is 0 Å². The summed E-state index contributed by atoms with van der Waals surface area (Å²) in [6.45, 7) is 0. The molecule has 2 N–H and O–H groups in total. The van der Waals surface area contributed by atoms with Crippen LogP contribution in [0.3, 0.4) is 0 Å². The van der Waals surface area contributed by atoms with Crippen LogP contribution in [0.1, 0.15) is 10.4 Å². The quantitative estimate of drug-likeness (QED) is 0.762. The van der Waals surface area contributed by atoms with E-state index in [9.17, 15) is 4.79 Å². The van der Waals surface area contributed by atoms with Crippen molar-refractivity contribution >= 4 is 38.6 Å². The Morgan fingerprint density at radius 2 is 2.14 bits per heavy atom. The first-order chi connectivity index (χ1) is 10.2. The fraction of sp³-hybridized carbons (Fsp3) is 0.0667. The summed E-state index contributed by atoms with van der Waals surface area (Å²) in [5.74, 6) is 0.537. The topological polar surface area (TPSA) is 67.0 Å². The Labute approximate surface area is 129 Å². The lowest BCUT2D eigenvalue weighted by Crippen LogP contribution is -2.11. The van der Waals surface area contributed by atoms with E-state index < -0.39 is 0 Å². The number of amides is 1. The molecule has 2 aromatic carbocycles. The van der Waals surface area contributed by atoms with Crippen LogP contribution >= 0.6 is 15.9 Å². The minimum absolute atomic E-state index is 0.177. The lowest BCUT2D eigenvalue weighted by Gasteiger charge is -2.08. The summed E-state index contributed by atoms with van der Waals surface area (Å²) in [4.78, 5) is 19.4. The highest BCUT2D eigenvalue weighted by molar-refractivity contribution is 9.10. The van der Waals surface area contributed by atoms with Crippen molar-refractivity contribution in [3.8, 4) is 5.75 Å². The number of imidazole rings is 1. The smallest absolute Gasteiger partial charge is 0.255 e. The molecule has 0 aliphatic carbocycles. The van der Waals surface area contributed by atoms with Gasteiger partial charge in [-0.25, -0.2) is 4.98 Å². The van der Waals surface area contributed by atoms with Crippen molar-refractivity contribution in [1.82, 2.24) is 9.97 Å². The van der Waals surface area contributed by atoms with Gasteiger partial charge in [0, 0.05) is 11.3 Å². The maximum absolute atomic E-state index is 12.3. The third-order valence-corrected chi connectivity index (χ3v) is 3.71. The first kappa shape index (κ1) is 13.6. The molecular weight excluding hydrogens is 334 g/mol. The third-order valence-electron chi connectivity index (χ3n) is 3.09. The van der Waals surface area contributed by atoms with Crippen molar-refractivity contribution in [3.63, 3.8) is 0 Å². The number of aromatic nitrogens is 2. The van der Waals surface area contributed by atoms with E-state index in [2.05, 4.69) is 31.2 Å². The van der Waals surface area contributed by atoms with Gasteiger partial charge in [-0.1, -0.05) is 0 Å². The van der Waals surface area contributed by atoms with Gasteiger partial charge in [-0.2, -0.15) is 0 Å². The second kappa shape index (κ2) is 5.57. The van der Waals surface area contributed by atoms with Crippen LogP contribution in [0.2, 0.25) is 0 Å². The van der Waals surface area contributed by atoms with Gasteiger partial charge in [-0.3, -0.25) is 4.79 Å². The molecule has 1 aromatic heterocycles. The molecule has 1 heterocycles. The number of carbonyl (C=O) groups is 1. The predicted octanol–water partition coefficient (Wildman–Crippen LogP) is 3.59. The molecule has 0 unspecified atom stereocenters. The van der Waals surface area contributed by atoms with Crippen molar-refractivity contribution in [2.45, 2.75) is 0 Å². The number of anilines is 1. The highest BCUT2D eigenvalue weighted by Crippen LogP contribution is 2.28. The summed E-state index contributed by atoms with van der Waals surface area (Å²) in [5.41, 5.74) is 2.92. The van der Waals surface area contributed by atoms with E-state index in [1.54, 1.807) is 43.8 Å². The lowest BCUT2D eigenvalue weighted by atomic mass is 10.2. The molecule has 3 aromatic rings. The maximum Gasteiger partial charge on any atom is 0.255 e. The first-order valence-electron chi connectivity index (χ1n) is 6.25. The molecule has 3 rings (SSSR count). The van der Waals surface area contributed by atoms with Crippen LogP contribution in [0.15, 0.2) is 47.2 Å². The van der Waals surface area contributed by atoms with Crippen LogP contribution in [-0.4, -0.2) is 23.0 Å². The van der Waals surface area contributed by atoms with Gasteiger partial charge in [0.05, 0.1) is 28.9 Å². The largest absolute Gasteiger partial charge is 0.496 e. The van der Waals surface area contributed by atoms with Crippen LogP contribution < -0.4 is 10.1 Å². The highest BCUT2D eigenvalue weighted by Gasteiger charge is 2.09. The average molecular weight is 346 g/mol. The number of hydrogen-bond donors (Lipinski definition) is 2. The molecule has 0 radical (unpaired) electrons. The van der Waals surface area contributed by atoms with Crippen molar-refractivity contribution in [2.75, 3.05) is 12.4 Å². The van der Waals surface area contributed by atoms with Gasteiger partial charge in [-0.05, 0) is 52.3 Å². The molecule has 0 atom stereocenters. The second-order valence-electron chi connectivity index (χ2n) is 4.44. The van der Waals surface area contributed by atoms with Crippen LogP contribution in [0.25, 0.3) is 11.0 Å². The van der Waals surface area contributed by atoms with E-state index in [0.717, 1.165) is 15.5 Å². The summed E-state index contributed by atoms with van der Waals surface area (Å²) in [5, 5.41) is 2.85. The summed E-state index contributed by atoms with van der Waals surface area (Å²) in [6, 6.07) is 10.7. The fourth-order valence-corrected chi connectivity index (χ4v) is 2.56. The Hall–Kier alpha value is -2.34. The van der Waals surface area contributed by atoms with E-state index in [1.807, 2.05) is 6.07 Å². The number of benzene rings is 2. The summed E-state index contributed by atoms with van der Waals surface area (Å²) in [6.07, 6.45) is 1.60. The molecule has 0 aliphatic heterocycles. The fourth-order valence-electron chi connectivity index (χ4n) is 2.02. The molecule has 0 aliphatic rings. The van der Waals surface area contributed by atoms with E-state index in [4.69, 9.17) is 4.74 Å². The number of aromatic amines is 1. The molecule has 0 saturated carbocycles. The van der Waals surface area contributed by atoms with Gasteiger partial charge in [-0.15, -0.1) is 0 Å². The Bertz CT molecular complexity index is 814. The molecule has 106 valence electrons. The molecule has 0 fully saturated rings. The highest BCUT2D eigenvalue weighted by atomic mass is 79.9.